The van der Waals surface area contributed by atoms with Crippen LogP contribution in [0.5, 0.6) is 0 Å². The summed E-state index contributed by atoms with van der Waals surface area (Å²) in [5, 5.41) is 19.7. The second-order valence-corrected chi connectivity index (χ2v) is 3.84. The lowest BCUT2D eigenvalue weighted by Crippen LogP contribution is -2.41. The molecule has 1 amide bonds. The van der Waals surface area contributed by atoms with E-state index in [0.717, 1.165) is 6.07 Å². The predicted octanol–water partition coefficient (Wildman–Crippen LogP) is 0.700. The van der Waals surface area contributed by atoms with Gasteiger partial charge in [-0.2, -0.15) is 0 Å². The van der Waals surface area contributed by atoms with E-state index in [9.17, 15) is 14.0 Å². The van der Waals surface area contributed by atoms with Crippen LogP contribution in [-0.4, -0.2) is 34.7 Å². The lowest BCUT2D eigenvalue weighted by molar-refractivity contribution is -0.139. The van der Waals surface area contributed by atoms with Gasteiger partial charge in [-0.05, 0) is 24.6 Å². The molecule has 0 aliphatic carbocycles. The van der Waals surface area contributed by atoms with Crippen molar-refractivity contribution >= 4 is 11.9 Å². The molecule has 0 aliphatic heterocycles. The van der Waals surface area contributed by atoms with E-state index in [2.05, 4.69) is 5.32 Å². The van der Waals surface area contributed by atoms with Gasteiger partial charge >= 0.3 is 5.97 Å². The molecule has 1 atom stereocenters. The van der Waals surface area contributed by atoms with Crippen LogP contribution >= 0.6 is 0 Å². The molecular weight excluding hydrogens is 241 g/mol. The van der Waals surface area contributed by atoms with E-state index >= 15 is 0 Å². The summed E-state index contributed by atoms with van der Waals surface area (Å²) in [6.45, 7) is 1.20. The molecule has 0 bridgehead atoms. The highest BCUT2D eigenvalue weighted by molar-refractivity contribution is 5.96. The summed E-state index contributed by atoms with van der Waals surface area (Å²) in [5.41, 5.74) is 0.444. The van der Waals surface area contributed by atoms with Crippen LogP contribution in [0.2, 0.25) is 0 Å². The number of halogens is 1. The van der Waals surface area contributed by atoms with Gasteiger partial charge in [0.25, 0.3) is 5.91 Å². The van der Waals surface area contributed by atoms with Crippen molar-refractivity contribution in [3.63, 3.8) is 0 Å². The van der Waals surface area contributed by atoms with Gasteiger partial charge in [-0.25, -0.2) is 9.18 Å². The molecule has 1 aromatic carbocycles. The molecule has 0 aromatic heterocycles. The van der Waals surface area contributed by atoms with Gasteiger partial charge in [0.1, 0.15) is 11.9 Å². The number of carbonyl (C=O) groups excluding carboxylic acids is 1. The predicted molar refractivity (Wildman–Crippen MR) is 61.7 cm³/mol. The van der Waals surface area contributed by atoms with Crippen molar-refractivity contribution in [3.05, 3.63) is 35.1 Å². The molecule has 1 aromatic rings. The molecule has 0 heterocycles. The number of carboxylic acid groups (broad SMARTS) is 1. The molecule has 98 valence electrons. The molecule has 0 aliphatic rings. The summed E-state index contributed by atoms with van der Waals surface area (Å²) in [6.07, 6.45) is -0.102. The maximum atomic E-state index is 13.2. The first-order valence-corrected chi connectivity index (χ1v) is 5.36. The molecule has 0 unspecified atom stereocenters. The second kappa shape index (κ2) is 6.11. The van der Waals surface area contributed by atoms with Crippen molar-refractivity contribution < 1.29 is 24.2 Å². The topological polar surface area (TPSA) is 86.6 Å². The van der Waals surface area contributed by atoms with Gasteiger partial charge in [-0.1, -0.05) is 6.07 Å². The van der Waals surface area contributed by atoms with Gasteiger partial charge in [0.2, 0.25) is 0 Å². The Kier molecular flexibility index (Phi) is 4.79. The summed E-state index contributed by atoms with van der Waals surface area (Å²) in [6, 6.07) is 2.70. The Morgan fingerprint density at radius 1 is 1.44 bits per heavy atom. The SMILES string of the molecule is Cc1ccc(C(=O)N[C@H](CCO)C(=O)O)cc1F. The Morgan fingerprint density at radius 2 is 2.11 bits per heavy atom. The number of hydrogen-bond donors (Lipinski definition) is 3. The summed E-state index contributed by atoms with van der Waals surface area (Å²) in [4.78, 5) is 22.5. The number of aliphatic hydroxyl groups excluding tert-OH is 1. The average molecular weight is 255 g/mol. The summed E-state index contributed by atoms with van der Waals surface area (Å²) in [5.74, 6) is -2.46. The van der Waals surface area contributed by atoms with Gasteiger partial charge in [-0.3, -0.25) is 4.79 Å². The first-order valence-electron chi connectivity index (χ1n) is 5.36. The third kappa shape index (κ3) is 3.53. The molecule has 0 saturated heterocycles. The molecule has 1 rings (SSSR count). The number of amides is 1. The third-order valence-corrected chi connectivity index (χ3v) is 2.46. The highest BCUT2D eigenvalue weighted by atomic mass is 19.1. The second-order valence-electron chi connectivity index (χ2n) is 3.84. The summed E-state index contributed by atoms with van der Waals surface area (Å²) in [7, 11) is 0. The average Bonchev–Trinajstić information content (AvgIpc) is 2.31. The number of carboxylic acids is 1. The Labute approximate surface area is 103 Å². The molecular formula is C12H14FNO4. The van der Waals surface area contributed by atoms with Crippen molar-refractivity contribution in [2.24, 2.45) is 0 Å². The number of aryl methyl sites for hydroxylation is 1. The molecule has 18 heavy (non-hydrogen) atoms. The van der Waals surface area contributed by atoms with E-state index in [1.807, 2.05) is 0 Å². The molecule has 6 heteroatoms. The summed E-state index contributed by atoms with van der Waals surface area (Å²) >= 11 is 0. The molecule has 0 saturated carbocycles. The number of hydrogen-bond acceptors (Lipinski definition) is 3. The standard InChI is InChI=1S/C12H14FNO4/c1-7-2-3-8(6-9(7)13)11(16)14-10(4-5-15)12(17)18/h2-3,6,10,15H,4-5H2,1H3,(H,14,16)(H,17,18)/t10-/m1/s1. The van der Waals surface area contributed by atoms with E-state index in [4.69, 9.17) is 10.2 Å². The van der Waals surface area contributed by atoms with Gasteiger partial charge in [-0.15, -0.1) is 0 Å². The fourth-order valence-electron chi connectivity index (χ4n) is 1.36. The van der Waals surface area contributed by atoms with Crippen molar-refractivity contribution in [2.45, 2.75) is 19.4 Å². The zero-order valence-electron chi connectivity index (χ0n) is 9.81. The molecule has 0 radical (unpaired) electrons. The van der Waals surface area contributed by atoms with Gasteiger partial charge in [0.15, 0.2) is 0 Å². The minimum Gasteiger partial charge on any atom is -0.480 e. The zero-order valence-corrected chi connectivity index (χ0v) is 9.81. The van der Waals surface area contributed by atoms with Crippen LogP contribution < -0.4 is 5.32 Å². The van der Waals surface area contributed by atoms with Crippen LogP contribution in [0.1, 0.15) is 22.3 Å². The number of rotatable bonds is 5. The number of carbonyl (C=O) groups is 2. The lowest BCUT2D eigenvalue weighted by Gasteiger charge is -2.13. The fourth-order valence-corrected chi connectivity index (χ4v) is 1.36. The number of aliphatic hydroxyl groups is 1. The van der Waals surface area contributed by atoms with Crippen LogP contribution in [0.15, 0.2) is 18.2 Å². The summed E-state index contributed by atoms with van der Waals surface area (Å²) < 4.78 is 13.2. The van der Waals surface area contributed by atoms with Crippen molar-refractivity contribution in [3.8, 4) is 0 Å². The van der Waals surface area contributed by atoms with E-state index < -0.39 is 23.7 Å². The monoisotopic (exact) mass is 255 g/mol. The Bertz CT molecular complexity index is 461. The molecule has 3 N–H and O–H groups in total. The zero-order chi connectivity index (χ0) is 13.7. The first-order chi connectivity index (χ1) is 8.45. The Hall–Kier alpha value is -1.95. The van der Waals surface area contributed by atoms with E-state index in [1.165, 1.54) is 12.1 Å². The number of benzene rings is 1. The highest BCUT2D eigenvalue weighted by Crippen LogP contribution is 2.09. The maximum absolute atomic E-state index is 13.2. The largest absolute Gasteiger partial charge is 0.480 e. The minimum atomic E-state index is -1.25. The van der Waals surface area contributed by atoms with E-state index in [1.54, 1.807) is 6.92 Å². The van der Waals surface area contributed by atoms with E-state index in [-0.39, 0.29) is 18.6 Å². The van der Waals surface area contributed by atoms with Gasteiger partial charge in [0, 0.05) is 18.6 Å². The number of nitrogens with one attached hydrogen (secondary N) is 1. The Balaban J connectivity index is 2.80. The third-order valence-electron chi connectivity index (χ3n) is 2.46. The molecule has 0 fully saturated rings. The Morgan fingerprint density at radius 3 is 2.61 bits per heavy atom. The van der Waals surface area contributed by atoms with Crippen LogP contribution in [0, 0.1) is 12.7 Å². The fraction of sp³-hybridized carbons (Fsp3) is 0.333. The van der Waals surface area contributed by atoms with Gasteiger partial charge in [0.05, 0.1) is 0 Å². The number of aliphatic carboxylic acids is 1. The van der Waals surface area contributed by atoms with Gasteiger partial charge < -0.3 is 15.5 Å². The maximum Gasteiger partial charge on any atom is 0.326 e. The van der Waals surface area contributed by atoms with Crippen molar-refractivity contribution in [2.75, 3.05) is 6.61 Å². The molecule has 0 spiro atoms. The van der Waals surface area contributed by atoms with Crippen LogP contribution in [0.4, 0.5) is 4.39 Å². The highest BCUT2D eigenvalue weighted by Gasteiger charge is 2.20. The quantitative estimate of drug-likeness (QED) is 0.722. The van der Waals surface area contributed by atoms with Crippen molar-refractivity contribution in [1.82, 2.24) is 5.32 Å². The lowest BCUT2D eigenvalue weighted by atomic mass is 10.1. The molecule has 5 nitrogen and oxygen atoms in total. The smallest absolute Gasteiger partial charge is 0.326 e. The minimum absolute atomic E-state index is 0.0438. The van der Waals surface area contributed by atoms with E-state index in [0.29, 0.717) is 5.56 Å². The van der Waals surface area contributed by atoms with Crippen LogP contribution in [0.25, 0.3) is 0 Å². The first kappa shape index (κ1) is 14.1. The van der Waals surface area contributed by atoms with Crippen LogP contribution in [0.3, 0.4) is 0 Å². The van der Waals surface area contributed by atoms with Crippen molar-refractivity contribution in [1.29, 1.82) is 0 Å². The van der Waals surface area contributed by atoms with Crippen LogP contribution in [-0.2, 0) is 4.79 Å². The normalized spacial score (nSPS) is 11.9.